The van der Waals surface area contributed by atoms with Crippen LogP contribution in [0.25, 0.3) is 10.9 Å². The molecular weight excluding hydrogens is 272 g/mol. The largest absolute Gasteiger partial charge is 0.464 e. The van der Waals surface area contributed by atoms with Gasteiger partial charge < -0.3 is 14.6 Å². The number of aryl methyl sites for hydroxylation is 2. The third kappa shape index (κ3) is 2.79. The van der Waals surface area contributed by atoms with Crippen LogP contribution < -0.4 is 0 Å². The summed E-state index contributed by atoms with van der Waals surface area (Å²) in [5.74, 6) is -1.03. The van der Waals surface area contributed by atoms with Gasteiger partial charge in [0.15, 0.2) is 0 Å². The number of oxime groups is 1. The van der Waals surface area contributed by atoms with Crippen molar-refractivity contribution in [3.05, 3.63) is 34.5 Å². The molecule has 0 aliphatic heterocycles. The van der Waals surface area contributed by atoms with Crippen molar-refractivity contribution in [3.8, 4) is 0 Å². The number of H-pyrrole nitrogens is 1. The van der Waals surface area contributed by atoms with Crippen LogP contribution in [0.15, 0.2) is 17.3 Å². The van der Waals surface area contributed by atoms with Gasteiger partial charge in [0.25, 0.3) is 0 Å². The highest BCUT2D eigenvalue weighted by Gasteiger charge is 2.19. The van der Waals surface area contributed by atoms with E-state index in [0.29, 0.717) is 5.56 Å². The molecule has 2 rings (SSSR count). The smallest absolute Gasteiger partial charge is 0.355 e. The van der Waals surface area contributed by atoms with Crippen molar-refractivity contribution < 1.29 is 19.2 Å². The zero-order valence-corrected chi connectivity index (χ0v) is 12.3. The summed E-state index contributed by atoms with van der Waals surface area (Å²) in [6.07, 6.45) is 1.35. The fourth-order valence-corrected chi connectivity index (χ4v) is 2.18. The highest BCUT2D eigenvalue weighted by atomic mass is 16.7. The molecule has 0 unspecified atom stereocenters. The predicted octanol–water partition coefficient (Wildman–Crippen LogP) is 2.47. The molecule has 0 radical (unpaired) electrons. The average molecular weight is 288 g/mol. The van der Waals surface area contributed by atoms with Crippen molar-refractivity contribution in [2.75, 3.05) is 7.11 Å². The van der Waals surface area contributed by atoms with Gasteiger partial charge in [0.05, 0.1) is 13.3 Å². The third-order valence-electron chi connectivity index (χ3n) is 3.16. The number of hydrogen-bond acceptors (Lipinski definition) is 5. The summed E-state index contributed by atoms with van der Waals surface area (Å²) >= 11 is 0. The van der Waals surface area contributed by atoms with Gasteiger partial charge in [-0.2, -0.15) is 0 Å². The zero-order chi connectivity index (χ0) is 15.6. The van der Waals surface area contributed by atoms with E-state index in [1.54, 1.807) is 0 Å². The number of carbonyl (C=O) groups is 2. The number of aromatic nitrogens is 1. The van der Waals surface area contributed by atoms with Crippen LogP contribution in [0.3, 0.4) is 0 Å². The minimum Gasteiger partial charge on any atom is -0.464 e. The molecule has 6 heteroatoms. The fourth-order valence-electron chi connectivity index (χ4n) is 2.18. The lowest BCUT2D eigenvalue weighted by Crippen LogP contribution is -2.05. The molecule has 0 aliphatic rings. The fraction of sp³-hybridized carbons (Fsp3) is 0.267. The molecule has 0 fully saturated rings. The van der Waals surface area contributed by atoms with E-state index in [0.717, 1.165) is 22.0 Å². The zero-order valence-electron chi connectivity index (χ0n) is 12.3. The highest BCUT2D eigenvalue weighted by Crippen LogP contribution is 2.27. The second-order valence-electron chi connectivity index (χ2n) is 4.67. The van der Waals surface area contributed by atoms with Gasteiger partial charge in [-0.05, 0) is 25.0 Å². The van der Waals surface area contributed by atoms with Crippen LogP contribution in [0.4, 0.5) is 0 Å². The Kier molecular flexibility index (Phi) is 4.07. The first-order valence-corrected chi connectivity index (χ1v) is 6.36. The van der Waals surface area contributed by atoms with E-state index in [9.17, 15) is 9.59 Å². The topological polar surface area (TPSA) is 80.8 Å². The van der Waals surface area contributed by atoms with Gasteiger partial charge in [-0.15, -0.1) is 0 Å². The first-order chi connectivity index (χ1) is 9.95. The summed E-state index contributed by atoms with van der Waals surface area (Å²) in [6, 6.07) is 3.91. The summed E-state index contributed by atoms with van der Waals surface area (Å²) in [5, 5.41) is 4.46. The number of rotatable bonds is 3. The Morgan fingerprint density at radius 1 is 1.24 bits per heavy atom. The van der Waals surface area contributed by atoms with Gasteiger partial charge in [0, 0.05) is 23.4 Å². The highest BCUT2D eigenvalue weighted by molar-refractivity contribution is 6.10. The first kappa shape index (κ1) is 14.8. The first-order valence-electron chi connectivity index (χ1n) is 6.36. The molecule has 0 aliphatic carbocycles. The monoisotopic (exact) mass is 288 g/mol. The Balaban J connectivity index is 2.68. The number of benzene rings is 1. The van der Waals surface area contributed by atoms with Crippen LogP contribution in [0.5, 0.6) is 0 Å². The van der Waals surface area contributed by atoms with Gasteiger partial charge >= 0.3 is 11.9 Å². The van der Waals surface area contributed by atoms with Crippen molar-refractivity contribution in [2.24, 2.45) is 5.16 Å². The summed E-state index contributed by atoms with van der Waals surface area (Å²) in [4.78, 5) is 30.3. The van der Waals surface area contributed by atoms with E-state index in [-0.39, 0.29) is 5.69 Å². The van der Waals surface area contributed by atoms with E-state index < -0.39 is 11.9 Å². The molecule has 1 N–H and O–H groups in total. The number of nitrogens with zero attached hydrogens (tertiary/aromatic N) is 1. The predicted molar refractivity (Wildman–Crippen MR) is 78.5 cm³/mol. The molecule has 21 heavy (non-hydrogen) atoms. The van der Waals surface area contributed by atoms with E-state index >= 15 is 0 Å². The SMILES string of the molecule is COC(=O)c1[nH]c2c(C)ccc(C)c2c1C=NOC(C)=O. The summed E-state index contributed by atoms with van der Waals surface area (Å²) in [5.41, 5.74) is 3.62. The number of ether oxygens (including phenoxy) is 1. The quantitative estimate of drug-likeness (QED) is 0.407. The number of aromatic amines is 1. The van der Waals surface area contributed by atoms with Crippen LogP contribution in [0.1, 0.15) is 34.1 Å². The Hall–Kier alpha value is -2.63. The number of esters is 1. The standard InChI is InChI=1S/C15H16N2O4/c1-8-5-6-9(2)13-12(8)11(7-16-21-10(3)18)14(17-13)15(19)20-4/h5-7,17H,1-4H3. The molecule has 2 aromatic rings. The summed E-state index contributed by atoms with van der Waals surface area (Å²) in [6.45, 7) is 5.12. The van der Waals surface area contributed by atoms with Gasteiger partial charge in [0.2, 0.25) is 0 Å². The maximum atomic E-state index is 11.9. The van der Waals surface area contributed by atoms with Crippen LogP contribution in [-0.4, -0.2) is 30.2 Å². The van der Waals surface area contributed by atoms with Crippen LogP contribution >= 0.6 is 0 Å². The Labute approximate surface area is 121 Å². The van der Waals surface area contributed by atoms with E-state index in [2.05, 4.69) is 15.0 Å². The number of nitrogens with one attached hydrogen (secondary N) is 1. The Bertz CT molecular complexity index is 744. The van der Waals surface area contributed by atoms with Gasteiger partial charge in [0.1, 0.15) is 5.69 Å². The van der Waals surface area contributed by atoms with Crippen molar-refractivity contribution >= 4 is 29.1 Å². The van der Waals surface area contributed by atoms with E-state index in [1.807, 2.05) is 26.0 Å². The minimum atomic E-state index is -0.529. The molecule has 1 heterocycles. The van der Waals surface area contributed by atoms with Gasteiger partial charge in [-0.25, -0.2) is 9.59 Å². The second kappa shape index (κ2) is 5.78. The molecule has 0 bridgehead atoms. The third-order valence-corrected chi connectivity index (χ3v) is 3.16. The summed E-state index contributed by atoms with van der Waals surface area (Å²) < 4.78 is 4.77. The lowest BCUT2D eigenvalue weighted by atomic mass is 10.0. The molecule has 1 aromatic heterocycles. The molecule has 0 saturated heterocycles. The number of fused-ring (bicyclic) bond motifs is 1. The normalized spacial score (nSPS) is 11.0. The van der Waals surface area contributed by atoms with Crippen molar-refractivity contribution in [2.45, 2.75) is 20.8 Å². The number of methoxy groups -OCH3 is 1. The Morgan fingerprint density at radius 3 is 2.52 bits per heavy atom. The van der Waals surface area contributed by atoms with E-state index in [1.165, 1.54) is 20.2 Å². The van der Waals surface area contributed by atoms with Crippen LogP contribution in [0.2, 0.25) is 0 Å². The average Bonchev–Trinajstić information content (AvgIpc) is 2.82. The molecule has 0 amide bonds. The maximum absolute atomic E-state index is 11.9. The summed E-state index contributed by atoms with van der Waals surface area (Å²) in [7, 11) is 1.31. The molecule has 0 spiro atoms. The van der Waals surface area contributed by atoms with Gasteiger partial charge in [-0.3, -0.25) is 0 Å². The van der Waals surface area contributed by atoms with Crippen molar-refractivity contribution in [1.82, 2.24) is 4.98 Å². The molecule has 110 valence electrons. The minimum absolute atomic E-state index is 0.279. The second-order valence-corrected chi connectivity index (χ2v) is 4.67. The van der Waals surface area contributed by atoms with Crippen LogP contribution in [-0.2, 0) is 14.4 Å². The Morgan fingerprint density at radius 2 is 1.90 bits per heavy atom. The molecule has 6 nitrogen and oxygen atoms in total. The van der Waals surface area contributed by atoms with Gasteiger partial charge in [-0.1, -0.05) is 17.3 Å². The lowest BCUT2D eigenvalue weighted by molar-refractivity contribution is -0.140. The van der Waals surface area contributed by atoms with Crippen LogP contribution in [0, 0.1) is 13.8 Å². The molecule has 0 saturated carbocycles. The molecule has 0 atom stereocenters. The van der Waals surface area contributed by atoms with Crippen molar-refractivity contribution in [1.29, 1.82) is 0 Å². The molecule has 1 aromatic carbocycles. The van der Waals surface area contributed by atoms with E-state index in [4.69, 9.17) is 4.74 Å². The molecular formula is C15H16N2O4. The maximum Gasteiger partial charge on any atom is 0.355 e. The number of carbonyl (C=O) groups excluding carboxylic acids is 2. The lowest BCUT2D eigenvalue weighted by Gasteiger charge is -2.01. The number of hydrogen-bond donors (Lipinski definition) is 1. The van der Waals surface area contributed by atoms with Crippen molar-refractivity contribution in [3.63, 3.8) is 0 Å².